The Morgan fingerprint density at radius 1 is 0.905 bits per heavy atom. The van der Waals surface area contributed by atoms with Crippen molar-refractivity contribution in [1.82, 2.24) is 4.57 Å². The number of hydrogen-bond donors (Lipinski definition) is 1. The summed E-state index contributed by atoms with van der Waals surface area (Å²) in [4.78, 5) is 54.5. The van der Waals surface area contributed by atoms with Gasteiger partial charge in [-0.15, -0.1) is 0 Å². The summed E-state index contributed by atoms with van der Waals surface area (Å²) in [6.07, 6.45) is -4.80. The van der Waals surface area contributed by atoms with Crippen LogP contribution in [0.4, 0.5) is 24.5 Å². The average Bonchev–Trinajstić information content (AvgIpc) is 3.39. The van der Waals surface area contributed by atoms with Crippen LogP contribution in [0.2, 0.25) is 0 Å². The number of alkyl halides is 3. The predicted octanol–water partition coefficient (Wildman–Crippen LogP) is 6.13. The van der Waals surface area contributed by atoms with E-state index in [2.05, 4.69) is 21.2 Å². The molecule has 3 aromatic carbocycles. The molecule has 1 saturated heterocycles. The summed E-state index contributed by atoms with van der Waals surface area (Å²) < 4.78 is 43.8. The molecule has 0 spiro atoms. The third-order valence-corrected chi connectivity index (χ3v) is 10.2. The Morgan fingerprint density at radius 2 is 1.57 bits per heavy atom. The summed E-state index contributed by atoms with van der Waals surface area (Å²) in [6.45, 7) is -0.347. The van der Waals surface area contributed by atoms with Crippen LogP contribution in [-0.4, -0.2) is 27.5 Å². The number of fused-ring (bicyclic) bond motifs is 2. The van der Waals surface area contributed by atoms with Crippen LogP contribution in [-0.2, 0) is 27.1 Å². The molecule has 42 heavy (non-hydrogen) atoms. The fourth-order valence-electron chi connectivity index (χ4n) is 5.30. The second kappa shape index (κ2) is 10.9. The molecule has 2 aliphatic heterocycles. The number of carbonyl (C=O) groups is 3. The number of carbonyl (C=O) groups excluding carboxylic acids is 3. The van der Waals surface area contributed by atoms with Gasteiger partial charge < -0.3 is 5.32 Å². The van der Waals surface area contributed by atoms with Crippen LogP contribution in [0.25, 0.3) is 0 Å². The van der Waals surface area contributed by atoms with E-state index in [-0.39, 0.29) is 6.54 Å². The first kappa shape index (κ1) is 28.4. The second-order valence-corrected chi connectivity index (χ2v) is 12.7. The van der Waals surface area contributed by atoms with Crippen molar-refractivity contribution in [3.8, 4) is 0 Å². The number of thioether (sulfide) groups is 1. The molecule has 3 atom stereocenters. The van der Waals surface area contributed by atoms with Crippen molar-refractivity contribution in [1.29, 1.82) is 0 Å². The maximum Gasteiger partial charge on any atom is 0.418 e. The quantitative estimate of drug-likeness (QED) is 0.258. The number of imide groups is 1. The SMILES string of the molecule is O=C(Cn1c2c(sc1=O)C(c1ccc(Br)cc1)C1C(=O)N(c3ccccc3C(F)(F)F)C(=O)C1S2)Nc1ccccc1. The highest BCUT2D eigenvalue weighted by molar-refractivity contribution is 9.10. The molecule has 3 heterocycles. The molecule has 13 heteroatoms. The topological polar surface area (TPSA) is 88.5 Å². The summed E-state index contributed by atoms with van der Waals surface area (Å²) in [5.41, 5.74) is -0.480. The van der Waals surface area contributed by atoms with Crippen molar-refractivity contribution < 1.29 is 27.6 Å². The van der Waals surface area contributed by atoms with Crippen molar-refractivity contribution in [3.63, 3.8) is 0 Å². The van der Waals surface area contributed by atoms with Gasteiger partial charge in [0.1, 0.15) is 11.8 Å². The zero-order valence-corrected chi connectivity index (χ0v) is 24.5. The van der Waals surface area contributed by atoms with Gasteiger partial charge in [0.05, 0.1) is 22.2 Å². The Bertz CT molecular complexity index is 1770. The van der Waals surface area contributed by atoms with Crippen LogP contribution in [0.15, 0.2) is 93.2 Å². The van der Waals surface area contributed by atoms with Crippen LogP contribution in [0.3, 0.4) is 0 Å². The molecule has 2 aliphatic rings. The summed E-state index contributed by atoms with van der Waals surface area (Å²) in [5.74, 6) is -3.92. The van der Waals surface area contributed by atoms with E-state index in [1.165, 1.54) is 16.7 Å². The number of halogens is 4. The Hall–Kier alpha value is -3.68. The number of amides is 3. The van der Waals surface area contributed by atoms with Crippen molar-refractivity contribution in [2.75, 3.05) is 10.2 Å². The Balaban J connectivity index is 1.44. The van der Waals surface area contributed by atoms with E-state index in [4.69, 9.17) is 0 Å². The number of aromatic nitrogens is 1. The van der Waals surface area contributed by atoms with Gasteiger partial charge in [0.25, 0.3) is 0 Å². The Kier molecular flexibility index (Phi) is 7.36. The van der Waals surface area contributed by atoms with Crippen molar-refractivity contribution >= 4 is 68.1 Å². The Morgan fingerprint density at radius 3 is 2.26 bits per heavy atom. The molecule has 3 amide bonds. The number of rotatable bonds is 5. The zero-order valence-electron chi connectivity index (χ0n) is 21.3. The largest absolute Gasteiger partial charge is 0.418 e. The highest BCUT2D eigenvalue weighted by atomic mass is 79.9. The molecular weight excluding hydrogens is 655 g/mol. The number of benzene rings is 3. The molecule has 0 saturated carbocycles. The molecule has 0 radical (unpaired) electrons. The lowest BCUT2D eigenvalue weighted by atomic mass is 9.83. The minimum absolute atomic E-state index is 0.342. The molecule has 1 N–H and O–H groups in total. The van der Waals surface area contributed by atoms with E-state index < -0.39 is 57.1 Å². The minimum atomic E-state index is -4.80. The first-order valence-electron chi connectivity index (χ1n) is 12.6. The standard InChI is InChI=1S/C29H19BrF3N3O4S2/c30-16-12-10-15(11-13-16)21-22-23(26(39)36(25(22)38)19-9-5-4-8-18(19)29(31,32)33)41-27-24(21)42-28(40)35(27)14-20(37)34-17-6-2-1-3-7-17/h1-13,21-23H,14H2,(H,34,37). The van der Waals surface area contributed by atoms with Gasteiger partial charge in [0.2, 0.25) is 17.7 Å². The van der Waals surface area contributed by atoms with Gasteiger partial charge in [-0.05, 0) is 42.0 Å². The first-order chi connectivity index (χ1) is 20.0. The van der Waals surface area contributed by atoms with E-state index in [0.29, 0.717) is 26.1 Å². The Labute approximate surface area is 253 Å². The van der Waals surface area contributed by atoms with Crippen LogP contribution in [0.5, 0.6) is 0 Å². The summed E-state index contributed by atoms with van der Waals surface area (Å²) in [6, 6.07) is 20.1. The van der Waals surface area contributed by atoms with Gasteiger partial charge in [-0.1, -0.05) is 81.5 Å². The van der Waals surface area contributed by atoms with E-state index in [0.717, 1.165) is 39.7 Å². The molecule has 214 valence electrons. The van der Waals surface area contributed by atoms with Crippen molar-refractivity contribution in [3.05, 3.63) is 109 Å². The summed E-state index contributed by atoms with van der Waals surface area (Å²) >= 11 is 5.18. The maximum atomic E-state index is 13.9. The number of thiazole rings is 1. The third-order valence-electron chi connectivity index (χ3n) is 7.09. The molecule has 6 rings (SSSR count). The first-order valence-corrected chi connectivity index (χ1v) is 15.1. The van der Waals surface area contributed by atoms with Crippen molar-refractivity contribution in [2.24, 2.45) is 5.92 Å². The van der Waals surface area contributed by atoms with Crippen LogP contribution in [0.1, 0.15) is 21.9 Å². The number of nitrogens with zero attached hydrogens (tertiary/aromatic N) is 2. The van der Waals surface area contributed by atoms with Crippen LogP contribution >= 0.6 is 39.0 Å². The molecule has 0 bridgehead atoms. The van der Waals surface area contributed by atoms with Crippen LogP contribution < -0.4 is 15.1 Å². The predicted molar refractivity (Wildman–Crippen MR) is 157 cm³/mol. The van der Waals surface area contributed by atoms with E-state index in [1.807, 2.05) is 0 Å². The maximum absolute atomic E-state index is 13.9. The van der Waals surface area contributed by atoms with Gasteiger partial charge in [0, 0.05) is 21.0 Å². The van der Waals surface area contributed by atoms with E-state index >= 15 is 0 Å². The smallest absolute Gasteiger partial charge is 0.325 e. The lowest BCUT2D eigenvalue weighted by molar-refractivity contribution is -0.137. The number of hydrogen-bond acceptors (Lipinski definition) is 6. The molecule has 4 aromatic rings. The van der Waals surface area contributed by atoms with E-state index in [9.17, 15) is 32.3 Å². The fraction of sp³-hybridized carbons (Fsp3) is 0.172. The summed E-state index contributed by atoms with van der Waals surface area (Å²) in [5, 5.41) is 1.96. The van der Waals surface area contributed by atoms with Gasteiger partial charge in [-0.2, -0.15) is 13.2 Å². The van der Waals surface area contributed by atoms with Crippen LogP contribution in [0, 0.1) is 5.92 Å². The molecule has 1 aromatic heterocycles. The molecule has 1 fully saturated rings. The highest BCUT2D eigenvalue weighted by Crippen LogP contribution is 2.54. The van der Waals surface area contributed by atoms with Gasteiger partial charge >= 0.3 is 11.0 Å². The van der Waals surface area contributed by atoms with Gasteiger partial charge in [0.15, 0.2) is 0 Å². The molecule has 0 aliphatic carbocycles. The molecule has 3 unspecified atom stereocenters. The fourth-order valence-corrected chi connectivity index (χ4v) is 8.33. The normalized spacial score (nSPS) is 19.9. The average molecular weight is 675 g/mol. The zero-order chi connectivity index (χ0) is 29.8. The minimum Gasteiger partial charge on any atom is -0.325 e. The van der Waals surface area contributed by atoms with Gasteiger partial charge in [-0.3, -0.25) is 23.7 Å². The van der Waals surface area contributed by atoms with Crippen molar-refractivity contribution in [2.45, 2.75) is 28.9 Å². The number of para-hydroxylation sites is 2. The summed E-state index contributed by atoms with van der Waals surface area (Å²) in [7, 11) is 0. The molecule has 7 nitrogen and oxygen atoms in total. The lowest BCUT2D eigenvalue weighted by Crippen LogP contribution is -2.33. The van der Waals surface area contributed by atoms with E-state index in [1.54, 1.807) is 54.6 Å². The highest BCUT2D eigenvalue weighted by Gasteiger charge is 2.57. The third kappa shape index (κ3) is 4.99. The van der Waals surface area contributed by atoms with Gasteiger partial charge in [-0.25, -0.2) is 4.90 Å². The second-order valence-electron chi connectivity index (χ2n) is 9.66. The number of nitrogens with one attached hydrogen (secondary N) is 1. The molecular formula is C29H19BrF3N3O4S2. The monoisotopic (exact) mass is 673 g/mol. The number of anilines is 2. The lowest BCUT2D eigenvalue weighted by Gasteiger charge is -2.30.